The molecule has 0 bridgehead atoms. The van der Waals surface area contributed by atoms with Gasteiger partial charge in [0.1, 0.15) is 12.1 Å². The van der Waals surface area contributed by atoms with Gasteiger partial charge in [0.15, 0.2) is 5.69 Å². The second kappa shape index (κ2) is 30.5. The summed E-state index contributed by atoms with van der Waals surface area (Å²) >= 11 is 2.80. The van der Waals surface area contributed by atoms with E-state index in [-0.39, 0.29) is 53.7 Å². The van der Waals surface area contributed by atoms with Gasteiger partial charge in [-0.3, -0.25) is 19.2 Å². The number of likely N-dealkylation sites (tertiary alicyclic amines) is 1. The van der Waals surface area contributed by atoms with Gasteiger partial charge in [-0.2, -0.15) is 5.10 Å². The molecule has 8 rings (SSSR count). The maximum absolute atomic E-state index is 14.0. The van der Waals surface area contributed by atoms with Gasteiger partial charge in [-0.25, -0.2) is 33.0 Å². The smallest absolute Gasteiger partial charge is 0.355 e. The van der Waals surface area contributed by atoms with Gasteiger partial charge in [-0.05, 0) is 104 Å². The standard InChI is InChI=1S/C65H81N9O9S3/c1-43-59(85-42-69-43)48-30-26-47(27-31-48)39-68-61(78)55-38-50(75)40-73(55)62(79)60(65(2,3)4)71-57(77)23-16-11-9-7-5-6-8-10-15-22-56(76)67-34-17-13-12-14-19-44-20-18-21-49(35-44)58-52(36-45-28-32-51(33-29-45)86(66,82)83)54(37-46-24-25-46)74(72-58)64-70-53(41-84-64)63(80)81/h18,20-21,26-33,35,41-42,46,50,55,60,75H,5-13,15-17,22-25,34,36-40H2,1-4H3,(H,67,76)(H,68,78)(H,71,77)(H,80,81)(H2,66,82,83). The summed E-state index contributed by atoms with van der Waals surface area (Å²) in [7, 11) is -3.86. The van der Waals surface area contributed by atoms with Crippen molar-refractivity contribution < 1.29 is 42.6 Å². The van der Waals surface area contributed by atoms with Crippen LogP contribution in [0.1, 0.15) is 174 Å². The number of aliphatic hydroxyl groups excluding tert-OH is 1. The first-order valence-corrected chi connectivity index (χ1v) is 33.3. The normalized spacial score (nSPS) is 15.4. The Kier molecular flexibility index (Phi) is 23.0. The minimum atomic E-state index is -3.86. The van der Waals surface area contributed by atoms with E-state index in [0.29, 0.717) is 55.4 Å². The second-order valence-corrected chi connectivity index (χ2v) is 27.1. The highest BCUT2D eigenvalue weighted by atomic mass is 32.2. The number of aryl methyl sites for hydroxylation is 1. The number of sulfonamides is 1. The molecule has 21 heteroatoms. The number of carbonyl (C=O) groups excluding carboxylic acids is 4. The van der Waals surface area contributed by atoms with Crippen LogP contribution in [0.25, 0.3) is 26.8 Å². The van der Waals surface area contributed by atoms with Crippen molar-refractivity contribution in [2.45, 2.75) is 179 Å². The molecule has 7 N–H and O–H groups in total. The molecule has 3 aromatic heterocycles. The number of β-amino-alcohol motifs (C(OH)–C–C–N with tert-alkyl or cyclic N) is 1. The number of benzene rings is 3. The Morgan fingerprint density at radius 3 is 2.13 bits per heavy atom. The molecule has 2 aliphatic rings. The van der Waals surface area contributed by atoms with Gasteiger partial charge < -0.3 is 31.1 Å². The van der Waals surface area contributed by atoms with Gasteiger partial charge in [0, 0.05) is 73.8 Å². The van der Waals surface area contributed by atoms with Gasteiger partial charge in [-0.15, -0.1) is 22.7 Å². The Bertz CT molecular complexity index is 3480. The topological polar surface area (TPSA) is 269 Å². The van der Waals surface area contributed by atoms with Crippen LogP contribution in [0.5, 0.6) is 0 Å². The number of thiazole rings is 2. The Labute approximate surface area is 513 Å². The number of primary sulfonamides is 1. The molecule has 1 aliphatic carbocycles. The van der Waals surface area contributed by atoms with Gasteiger partial charge in [-0.1, -0.05) is 126 Å². The van der Waals surface area contributed by atoms with Crippen molar-refractivity contribution in [1.82, 2.24) is 40.6 Å². The van der Waals surface area contributed by atoms with E-state index >= 15 is 0 Å². The molecular weight excluding hydrogens is 1150 g/mol. The Balaban J connectivity index is 0.691. The van der Waals surface area contributed by atoms with Crippen molar-refractivity contribution in [3.63, 3.8) is 0 Å². The van der Waals surface area contributed by atoms with Crippen LogP contribution in [0, 0.1) is 30.1 Å². The highest BCUT2D eigenvalue weighted by Gasteiger charge is 2.44. The molecule has 3 unspecified atom stereocenters. The summed E-state index contributed by atoms with van der Waals surface area (Å²) in [6, 6.07) is 20.6. The lowest BCUT2D eigenvalue weighted by atomic mass is 9.85. The predicted molar refractivity (Wildman–Crippen MR) is 335 cm³/mol. The van der Waals surface area contributed by atoms with E-state index in [1.807, 2.05) is 81.7 Å². The average Bonchev–Trinajstić information content (AvgIpc) is 1.78. The molecule has 4 amide bonds. The number of hydrogen-bond acceptors (Lipinski definition) is 13. The number of aliphatic hydroxyl groups is 1. The number of carbonyl (C=O) groups is 5. The summed E-state index contributed by atoms with van der Waals surface area (Å²) in [6.45, 7) is 8.53. The maximum Gasteiger partial charge on any atom is 0.355 e. The Hall–Kier alpha value is -7.09. The number of aromatic carboxylic acids is 1. The van der Waals surface area contributed by atoms with E-state index in [0.717, 1.165) is 133 Å². The second-order valence-electron chi connectivity index (χ2n) is 23.8. The third-order valence-electron chi connectivity index (χ3n) is 15.7. The van der Waals surface area contributed by atoms with E-state index < -0.39 is 39.6 Å². The van der Waals surface area contributed by atoms with Gasteiger partial charge >= 0.3 is 5.97 Å². The lowest BCUT2D eigenvalue weighted by Crippen LogP contribution is -2.57. The number of nitrogens with two attached hydrogens (primary N) is 1. The highest BCUT2D eigenvalue weighted by Crippen LogP contribution is 2.39. The van der Waals surface area contributed by atoms with Crippen LogP contribution in [0.2, 0.25) is 0 Å². The molecule has 3 atom stereocenters. The summed E-state index contributed by atoms with van der Waals surface area (Å²) in [5.41, 5.74) is 9.20. The molecule has 18 nitrogen and oxygen atoms in total. The lowest BCUT2D eigenvalue weighted by molar-refractivity contribution is -0.144. The largest absolute Gasteiger partial charge is 0.476 e. The molecule has 0 radical (unpaired) electrons. The van der Waals surface area contributed by atoms with Crippen molar-refractivity contribution >= 4 is 62.3 Å². The Morgan fingerprint density at radius 1 is 0.826 bits per heavy atom. The Morgan fingerprint density at radius 2 is 1.50 bits per heavy atom. The molecular formula is C65H81N9O9S3. The van der Waals surface area contributed by atoms with Gasteiger partial charge in [0.25, 0.3) is 0 Å². The first kappa shape index (κ1) is 64.9. The van der Waals surface area contributed by atoms with Crippen molar-refractivity contribution in [3.8, 4) is 38.7 Å². The van der Waals surface area contributed by atoms with Crippen molar-refractivity contribution in [1.29, 1.82) is 0 Å². The summed E-state index contributed by atoms with van der Waals surface area (Å²) in [5.74, 6) is 5.09. The van der Waals surface area contributed by atoms with Crippen LogP contribution < -0.4 is 21.1 Å². The molecule has 3 aromatic carbocycles. The van der Waals surface area contributed by atoms with Crippen LogP contribution in [-0.4, -0.2) is 104 Å². The van der Waals surface area contributed by atoms with E-state index in [1.165, 1.54) is 33.7 Å². The molecule has 458 valence electrons. The van der Waals surface area contributed by atoms with Crippen LogP contribution in [0.4, 0.5) is 0 Å². The van der Waals surface area contributed by atoms with E-state index in [9.17, 15) is 42.6 Å². The number of unbranched alkanes of at least 4 members (excludes halogenated alkanes) is 10. The quantitative estimate of drug-likeness (QED) is 0.0182. The van der Waals surface area contributed by atoms with E-state index in [4.69, 9.17) is 10.2 Å². The van der Waals surface area contributed by atoms with Crippen LogP contribution in [0.3, 0.4) is 0 Å². The maximum atomic E-state index is 14.0. The SMILES string of the molecule is Cc1ncsc1-c1ccc(CNC(=O)C2CC(O)CN2C(=O)C(NC(=O)CCCCCCCCCCCC(=O)NCCCCC#Cc2cccc(-c3nn(-c4nc(C(=O)O)cs4)c(CC4CC4)c3Cc3ccc(S(N)(=O)=O)cc3)c2)C(C)(C)C)cc1. The fourth-order valence-electron chi connectivity index (χ4n) is 10.7. The number of carboxylic acid groups (broad SMARTS) is 1. The number of nitrogens with zero attached hydrogens (tertiary/aromatic N) is 5. The van der Waals surface area contributed by atoms with E-state index in [2.05, 4.69) is 37.8 Å². The number of nitrogens with one attached hydrogen (secondary N) is 3. The molecule has 1 saturated carbocycles. The third kappa shape index (κ3) is 18.7. The number of amides is 4. The fraction of sp³-hybridized carbons (Fsp3) is 0.477. The zero-order chi connectivity index (χ0) is 61.4. The van der Waals surface area contributed by atoms with E-state index in [1.54, 1.807) is 28.2 Å². The number of aromatic nitrogens is 4. The summed E-state index contributed by atoms with van der Waals surface area (Å²) < 4.78 is 25.8. The van der Waals surface area contributed by atoms with Crippen LogP contribution >= 0.6 is 22.7 Å². The summed E-state index contributed by atoms with van der Waals surface area (Å²) in [5, 5.41) is 41.7. The predicted octanol–water partition coefficient (Wildman–Crippen LogP) is 10.1. The minimum absolute atomic E-state index is 0.0224. The highest BCUT2D eigenvalue weighted by molar-refractivity contribution is 7.89. The first-order valence-electron chi connectivity index (χ1n) is 30.0. The van der Waals surface area contributed by atoms with Crippen LogP contribution in [0.15, 0.2) is 88.6 Å². The molecule has 6 aromatic rings. The zero-order valence-corrected chi connectivity index (χ0v) is 52.2. The molecule has 1 saturated heterocycles. The fourth-order valence-corrected chi connectivity index (χ4v) is 12.8. The van der Waals surface area contributed by atoms with Gasteiger partial charge in [0.2, 0.25) is 38.8 Å². The first-order chi connectivity index (χ1) is 41.2. The molecule has 0 spiro atoms. The number of hydrogen-bond donors (Lipinski definition) is 6. The van der Waals surface area contributed by atoms with Crippen LogP contribution in [-0.2, 0) is 48.6 Å². The molecule has 1 aliphatic heterocycles. The van der Waals surface area contributed by atoms with Crippen molar-refractivity contribution in [3.05, 3.63) is 123 Å². The molecule has 2 fully saturated rings. The molecule has 86 heavy (non-hydrogen) atoms. The third-order valence-corrected chi connectivity index (χ3v) is 18.5. The lowest BCUT2D eigenvalue weighted by Gasteiger charge is -2.35. The number of rotatable bonds is 30. The number of carboxylic acids is 1. The zero-order valence-electron chi connectivity index (χ0n) is 49.7. The average molecular weight is 1230 g/mol. The summed E-state index contributed by atoms with van der Waals surface area (Å²) in [4.78, 5) is 76.4. The van der Waals surface area contributed by atoms with Crippen molar-refractivity contribution in [2.24, 2.45) is 16.5 Å². The van der Waals surface area contributed by atoms with Gasteiger partial charge in [0.05, 0.1) is 38.5 Å². The summed E-state index contributed by atoms with van der Waals surface area (Å²) in [6.07, 6.45) is 14.5. The molecule has 4 heterocycles. The van der Waals surface area contributed by atoms with Crippen molar-refractivity contribution in [2.75, 3.05) is 13.1 Å². The minimum Gasteiger partial charge on any atom is -0.476 e. The monoisotopic (exact) mass is 1230 g/mol.